The highest BCUT2D eigenvalue weighted by molar-refractivity contribution is 6.13. The van der Waals surface area contributed by atoms with Crippen LogP contribution in [0.5, 0.6) is 0 Å². The van der Waals surface area contributed by atoms with Crippen LogP contribution in [0.2, 0.25) is 0 Å². The molecule has 1 aliphatic heterocycles. The van der Waals surface area contributed by atoms with Crippen LogP contribution in [-0.4, -0.2) is 35.8 Å². The molecule has 1 aromatic carbocycles. The molecular weight excluding hydrogens is 319 g/mol. The van der Waals surface area contributed by atoms with Crippen molar-refractivity contribution in [2.24, 2.45) is 4.99 Å². The Morgan fingerprint density at radius 2 is 1.79 bits per heavy atom. The highest BCUT2D eigenvalue weighted by atomic mass is 19.4. The Balaban J connectivity index is 2.43. The molecule has 1 aromatic rings. The summed E-state index contributed by atoms with van der Waals surface area (Å²) >= 11 is 0. The fourth-order valence-electron chi connectivity index (χ4n) is 2.54. The maximum Gasteiger partial charge on any atom is 0.434 e. The maximum atomic E-state index is 13.2. The van der Waals surface area contributed by atoms with Crippen molar-refractivity contribution in [2.45, 2.75) is 25.9 Å². The topological polar surface area (TPSA) is 56.5 Å². The van der Waals surface area contributed by atoms with E-state index < -0.39 is 17.8 Å². The van der Waals surface area contributed by atoms with Crippen molar-refractivity contribution in [2.75, 3.05) is 13.1 Å². The van der Waals surface area contributed by atoms with E-state index >= 15 is 0 Å². The van der Waals surface area contributed by atoms with Crippen molar-refractivity contribution in [3.05, 3.63) is 47.2 Å². The number of benzene rings is 1. The highest BCUT2D eigenvalue weighted by Gasteiger charge is 2.38. The van der Waals surface area contributed by atoms with Gasteiger partial charge < -0.3 is 4.90 Å². The third-order valence-corrected chi connectivity index (χ3v) is 3.80. The zero-order chi connectivity index (χ0) is 17.7. The lowest BCUT2D eigenvalue weighted by atomic mass is 10.1. The summed E-state index contributed by atoms with van der Waals surface area (Å²) < 4.78 is 39.7. The van der Waals surface area contributed by atoms with E-state index in [-0.39, 0.29) is 11.1 Å². The van der Waals surface area contributed by atoms with Gasteiger partial charge in [-0.15, -0.1) is 0 Å². The van der Waals surface area contributed by atoms with Crippen molar-refractivity contribution < 1.29 is 18.0 Å². The van der Waals surface area contributed by atoms with Gasteiger partial charge in [0.15, 0.2) is 5.71 Å². The van der Waals surface area contributed by atoms with Gasteiger partial charge in [-0.25, -0.2) is 4.99 Å². The molecule has 1 heterocycles. The fourth-order valence-corrected chi connectivity index (χ4v) is 2.54. The molecule has 24 heavy (non-hydrogen) atoms. The van der Waals surface area contributed by atoms with Gasteiger partial charge in [-0.1, -0.05) is 30.3 Å². The Morgan fingerprint density at radius 1 is 1.21 bits per heavy atom. The summed E-state index contributed by atoms with van der Waals surface area (Å²) in [4.78, 5) is 17.3. The SMILES string of the molecule is C/C(=C(\C#N)C(=O)N=C(c1ccccc1)C(F)(F)F)N1CCCC1. The molecule has 2 rings (SSSR count). The van der Waals surface area contributed by atoms with E-state index in [2.05, 4.69) is 4.99 Å². The highest BCUT2D eigenvalue weighted by Crippen LogP contribution is 2.24. The lowest BCUT2D eigenvalue weighted by Crippen LogP contribution is -2.26. The van der Waals surface area contributed by atoms with Crippen LogP contribution in [0.25, 0.3) is 0 Å². The summed E-state index contributed by atoms with van der Waals surface area (Å²) in [6, 6.07) is 8.57. The summed E-state index contributed by atoms with van der Waals surface area (Å²) in [5.41, 5.74) is -1.49. The molecule has 0 saturated carbocycles. The average Bonchev–Trinajstić information content (AvgIpc) is 3.07. The van der Waals surface area contributed by atoms with Gasteiger partial charge in [0.1, 0.15) is 11.6 Å². The predicted octanol–water partition coefficient (Wildman–Crippen LogP) is 3.46. The first-order valence-corrected chi connectivity index (χ1v) is 7.46. The normalized spacial score (nSPS) is 16.6. The third kappa shape index (κ3) is 4.02. The van der Waals surface area contributed by atoms with Crippen molar-refractivity contribution in [1.29, 1.82) is 5.26 Å². The van der Waals surface area contributed by atoms with Crippen molar-refractivity contribution in [3.63, 3.8) is 0 Å². The number of rotatable bonds is 3. The van der Waals surface area contributed by atoms with Crippen molar-refractivity contribution in [3.8, 4) is 6.07 Å². The van der Waals surface area contributed by atoms with E-state index in [9.17, 15) is 23.2 Å². The molecule has 0 aliphatic carbocycles. The quantitative estimate of drug-likeness (QED) is 0.483. The van der Waals surface area contributed by atoms with Crippen LogP contribution >= 0.6 is 0 Å². The Morgan fingerprint density at radius 3 is 2.29 bits per heavy atom. The smallest absolute Gasteiger partial charge is 0.374 e. The molecule has 0 atom stereocenters. The minimum atomic E-state index is -4.79. The van der Waals surface area contributed by atoms with Crippen molar-refractivity contribution in [1.82, 2.24) is 4.90 Å². The molecule has 0 spiro atoms. The number of alkyl halides is 3. The number of nitrogens with zero attached hydrogens (tertiary/aromatic N) is 3. The largest absolute Gasteiger partial charge is 0.434 e. The number of allylic oxidation sites excluding steroid dienone is 1. The Hall–Kier alpha value is -2.62. The van der Waals surface area contributed by atoms with Crippen LogP contribution in [-0.2, 0) is 4.79 Å². The summed E-state index contributed by atoms with van der Waals surface area (Å²) in [5.74, 6) is -1.17. The molecule has 1 saturated heterocycles. The van der Waals surface area contributed by atoms with Crippen molar-refractivity contribution >= 4 is 11.6 Å². The zero-order valence-electron chi connectivity index (χ0n) is 13.1. The Kier molecular flexibility index (Phi) is 5.39. The van der Waals surface area contributed by atoms with E-state index in [1.54, 1.807) is 19.1 Å². The first-order chi connectivity index (χ1) is 11.3. The number of aliphatic imine (C=N–C) groups is 1. The second-order valence-corrected chi connectivity index (χ2v) is 5.40. The van der Waals surface area contributed by atoms with Gasteiger partial charge in [0.25, 0.3) is 5.91 Å². The number of carbonyl (C=O) groups is 1. The second kappa shape index (κ2) is 7.30. The molecule has 0 N–H and O–H groups in total. The molecule has 126 valence electrons. The van der Waals surface area contributed by atoms with E-state index in [4.69, 9.17) is 0 Å². The van der Waals surface area contributed by atoms with Gasteiger partial charge in [0.05, 0.1) is 0 Å². The van der Waals surface area contributed by atoms with Gasteiger partial charge in [-0.3, -0.25) is 4.79 Å². The maximum absolute atomic E-state index is 13.2. The average molecular weight is 335 g/mol. The van der Waals surface area contributed by atoms with Gasteiger partial charge in [-0.2, -0.15) is 18.4 Å². The van der Waals surface area contributed by atoms with Crippen LogP contribution in [0, 0.1) is 11.3 Å². The van der Waals surface area contributed by atoms with Crippen LogP contribution in [0.1, 0.15) is 25.3 Å². The molecule has 0 aromatic heterocycles. The standard InChI is InChI=1S/C17H16F3N3O/c1-12(23-9-5-6-10-23)14(11-21)16(24)22-15(17(18,19)20)13-7-3-2-4-8-13/h2-4,7-8H,5-6,9-10H2,1H3/b14-12-,22-15?. The lowest BCUT2D eigenvalue weighted by Gasteiger charge is -2.19. The van der Waals surface area contributed by atoms with E-state index in [1.165, 1.54) is 24.3 Å². The Labute approximate surface area is 137 Å². The van der Waals surface area contributed by atoms with Gasteiger partial charge in [-0.05, 0) is 19.8 Å². The monoisotopic (exact) mass is 335 g/mol. The molecule has 1 amide bonds. The number of likely N-dealkylation sites (tertiary alicyclic amines) is 1. The van der Waals surface area contributed by atoms with Crippen LogP contribution in [0.15, 0.2) is 46.6 Å². The number of hydrogen-bond acceptors (Lipinski definition) is 3. The van der Waals surface area contributed by atoms with Crippen LogP contribution < -0.4 is 0 Å². The van der Waals surface area contributed by atoms with E-state index in [1.807, 2.05) is 4.90 Å². The molecule has 0 radical (unpaired) electrons. The molecule has 0 unspecified atom stereocenters. The number of amides is 1. The number of hydrogen-bond donors (Lipinski definition) is 0. The summed E-state index contributed by atoms with van der Waals surface area (Å²) in [5, 5.41) is 9.21. The molecule has 4 nitrogen and oxygen atoms in total. The van der Waals surface area contributed by atoms with E-state index in [0.29, 0.717) is 18.8 Å². The second-order valence-electron chi connectivity index (χ2n) is 5.40. The first-order valence-electron chi connectivity index (χ1n) is 7.46. The Bertz CT molecular complexity index is 709. The summed E-state index contributed by atoms with van der Waals surface area (Å²) in [7, 11) is 0. The van der Waals surface area contributed by atoms with Gasteiger partial charge >= 0.3 is 6.18 Å². The minimum Gasteiger partial charge on any atom is -0.374 e. The molecular formula is C17H16F3N3O. The van der Waals surface area contributed by atoms with Crippen LogP contribution in [0.4, 0.5) is 13.2 Å². The molecule has 0 bridgehead atoms. The van der Waals surface area contributed by atoms with E-state index in [0.717, 1.165) is 12.8 Å². The van der Waals surface area contributed by atoms with Gasteiger partial charge in [0.2, 0.25) is 0 Å². The van der Waals surface area contributed by atoms with Crippen LogP contribution in [0.3, 0.4) is 0 Å². The third-order valence-electron chi connectivity index (χ3n) is 3.80. The molecule has 1 fully saturated rings. The zero-order valence-corrected chi connectivity index (χ0v) is 13.1. The molecule has 7 heteroatoms. The number of halogens is 3. The fraction of sp³-hybridized carbons (Fsp3) is 0.353. The lowest BCUT2D eigenvalue weighted by molar-refractivity contribution is -0.114. The number of nitriles is 1. The predicted molar refractivity (Wildman–Crippen MR) is 83.2 cm³/mol. The number of carbonyl (C=O) groups excluding carboxylic acids is 1. The molecule has 1 aliphatic rings. The summed E-state index contributed by atoms with van der Waals surface area (Å²) in [6.07, 6.45) is -2.95. The first kappa shape index (κ1) is 17.7. The minimum absolute atomic E-state index is 0.213. The van der Waals surface area contributed by atoms with Gasteiger partial charge in [0, 0.05) is 24.4 Å². The summed E-state index contributed by atoms with van der Waals surface area (Å²) in [6.45, 7) is 2.92.